The van der Waals surface area contributed by atoms with Gasteiger partial charge in [-0.1, -0.05) is 13.8 Å². The fraction of sp³-hybridized carbons (Fsp3) is 0.769. The van der Waals surface area contributed by atoms with Crippen molar-refractivity contribution in [2.75, 3.05) is 0 Å². The summed E-state index contributed by atoms with van der Waals surface area (Å²) in [6, 6.07) is 0.399. The molecule has 1 atom stereocenters. The first kappa shape index (κ1) is 16.1. The quantitative estimate of drug-likeness (QED) is 0.802. The van der Waals surface area contributed by atoms with Crippen LogP contribution in [-0.2, 0) is 18.5 Å². The van der Waals surface area contributed by atoms with Gasteiger partial charge in [0.1, 0.15) is 5.01 Å². The maximum absolute atomic E-state index is 13.0. The molecule has 2 nitrogen and oxygen atoms in total. The van der Waals surface area contributed by atoms with Crippen LogP contribution in [-0.4, -0.2) is 16.3 Å². The summed E-state index contributed by atoms with van der Waals surface area (Å²) >= 11 is 2.85. The van der Waals surface area contributed by atoms with E-state index in [2.05, 4.69) is 24.1 Å². The SMILES string of the molecule is CCC(C)SCc1nc(C(F)(F)F)c(CNC2CC2)s1. The lowest BCUT2D eigenvalue weighted by atomic mass is 10.3. The van der Waals surface area contributed by atoms with Gasteiger partial charge in [-0.15, -0.1) is 11.3 Å². The van der Waals surface area contributed by atoms with E-state index in [1.54, 1.807) is 11.8 Å². The Morgan fingerprint density at radius 1 is 1.45 bits per heavy atom. The zero-order valence-corrected chi connectivity index (χ0v) is 13.2. The summed E-state index contributed by atoms with van der Waals surface area (Å²) in [7, 11) is 0. The van der Waals surface area contributed by atoms with E-state index < -0.39 is 11.9 Å². The van der Waals surface area contributed by atoms with Gasteiger partial charge in [0.05, 0.1) is 4.88 Å². The molecule has 7 heteroatoms. The van der Waals surface area contributed by atoms with Gasteiger partial charge in [0.15, 0.2) is 5.69 Å². The van der Waals surface area contributed by atoms with E-state index in [1.807, 2.05) is 0 Å². The number of halogens is 3. The van der Waals surface area contributed by atoms with Gasteiger partial charge >= 0.3 is 6.18 Å². The first-order valence-corrected chi connectivity index (χ1v) is 8.67. The van der Waals surface area contributed by atoms with Gasteiger partial charge in [-0.05, 0) is 19.3 Å². The third-order valence-electron chi connectivity index (χ3n) is 3.21. The molecular weight excluding hydrogens is 305 g/mol. The van der Waals surface area contributed by atoms with Crippen molar-refractivity contribution in [3.8, 4) is 0 Å². The maximum atomic E-state index is 13.0. The second-order valence-corrected chi connectivity index (χ2v) is 7.66. The predicted octanol–water partition coefficient (Wildman–Crippen LogP) is 4.45. The molecule has 1 heterocycles. The highest BCUT2D eigenvalue weighted by molar-refractivity contribution is 7.99. The highest BCUT2D eigenvalue weighted by Crippen LogP contribution is 2.36. The summed E-state index contributed by atoms with van der Waals surface area (Å²) in [5.41, 5.74) is -0.699. The van der Waals surface area contributed by atoms with Crippen LogP contribution in [0.5, 0.6) is 0 Å². The summed E-state index contributed by atoms with van der Waals surface area (Å²) in [5, 5.41) is 4.16. The Labute approximate surface area is 125 Å². The molecule has 1 aromatic rings. The third-order valence-corrected chi connectivity index (χ3v) is 5.79. The van der Waals surface area contributed by atoms with E-state index in [1.165, 1.54) is 11.3 Å². The van der Waals surface area contributed by atoms with E-state index in [0.717, 1.165) is 19.3 Å². The number of hydrogen-bond donors (Lipinski definition) is 1. The molecule has 1 fully saturated rings. The molecule has 1 N–H and O–H groups in total. The lowest BCUT2D eigenvalue weighted by molar-refractivity contribution is -0.141. The lowest BCUT2D eigenvalue weighted by Gasteiger charge is -2.06. The topological polar surface area (TPSA) is 24.9 Å². The van der Waals surface area contributed by atoms with Crippen molar-refractivity contribution in [1.29, 1.82) is 0 Å². The van der Waals surface area contributed by atoms with E-state index in [-0.39, 0.29) is 6.54 Å². The molecule has 114 valence electrons. The van der Waals surface area contributed by atoms with Gasteiger partial charge < -0.3 is 5.32 Å². The zero-order valence-electron chi connectivity index (χ0n) is 11.6. The largest absolute Gasteiger partial charge is 0.434 e. The van der Waals surface area contributed by atoms with Gasteiger partial charge in [-0.2, -0.15) is 24.9 Å². The lowest BCUT2D eigenvalue weighted by Crippen LogP contribution is -2.18. The molecule has 0 aliphatic heterocycles. The van der Waals surface area contributed by atoms with Crippen molar-refractivity contribution in [3.63, 3.8) is 0 Å². The van der Waals surface area contributed by atoms with Crippen molar-refractivity contribution in [1.82, 2.24) is 10.3 Å². The highest BCUT2D eigenvalue weighted by atomic mass is 32.2. The molecule has 0 amide bonds. The molecule has 1 saturated carbocycles. The molecule has 1 unspecified atom stereocenters. The van der Waals surface area contributed by atoms with Gasteiger partial charge in [-0.25, -0.2) is 4.98 Å². The normalized spacial score (nSPS) is 17.4. The van der Waals surface area contributed by atoms with Crippen LogP contribution in [0.2, 0.25) is 0 Å². The van der Waals surface area contributed by atoms with E-state index in [4.69, 9.17) is 0 Å². The van der Waals surface area contributed by atoms with Crippen molar-refractivity contribution >= 4 is 23.1 Å². The third kappa shape index (κ3) is 4.63. The second-order valence-electron chi connectivity index (χ2n) is 5.06. The Kier molecular flexibility index (Phi) is 5.36. The van der Waals surface area contributed by atoms with Gasteiger partial charge in [0.2, 0.25) is 0 Å². The number of thioether (sulfide) groups is 1. The molecule has 1 aliphatic rings. The molecule has 0 bridgehead atoms. The van der Waals surface area contributed by atoms with Crippen molar-refractivity contribution in [2.24, 2.45) is 0 Å². The molecular formula is C13H19F3N2S2. The number of alkyl halides is 3. The smallest absolute Gasteiger partial charge is 0.309 e. The first-order valence-electron chi connectivity index (χ1n) is 6.81. The van der Waals surface area contributed by atoms with Crippen LogP contribution in [0.3, 0.4) is 0 Å². The Bertz CT molecular complexity index is 441. The zero-order chi connectivity index (χ0) is 14.8. The predicted molar refractivity (Wildman–Crippen MR) is 78.0 cm³/mol. The number of aromatic nitrogens is 1. The maximum Gasteiger partial charge on any atom is 0.434 e. The average molecular weight is 324 g/mol. The van der Waals surface area contributed by atoms with Crippen LogP contribution in [0.4, 0.5) is 13.2 Å². The highest BCUT2D eigenvalue weighted by Gasteiger charge is 2.37. The van der Waals surface area contributed by atoms with Crippen molar-refractivity contribution < 1.29 is 13.2 Å². The Morgan fingerprint density at radius 2 is 2.15 bits per heavy atom. The molecule has 0 aromatic carbocycles. The number of rotatable bonds is 7. The van der Waals surface area contributed by atoms with Crippen LogP contribution in [0.25, 0.3) is 0 Å². The first-order chi connectivity index (χ1) is 9.40. The summed E-state index contributed by atoms with van der Waals surface area (Å²) in [4.78, 5) is 4.14. The standard InChI is InChI=1S/C13H19F3N2S2/c1-3-8(2)19-7-11-18-12(13(14,15)16)10(20-11)6-17-9-4-5-9/h8-9,17H,3-7H2,1-2H3. The van der Waals surface area contributed by atoms with Gasteiger partial charge in [0, 0.05) is 23.6 Å². The van der Waals surface area contributed by atoms with Gasteiger partial charge in [-0.3, -0.25) is 0 Å². The Morgan fingerprint density at radius 3 is 2.70 bits per heavy atom. The summed E-state index contributed by atoms with van der Waals surface area (Å²) < 4.78 is 38.9. The summed E-state index contributed by atoms with van der Waals surface area (Å²) in [5.74, 6) is 0.562. The molecule has 1 aliphatic carbocycles. The van der Waals surface area contributed by atoms with Crippen LogP contribution in [0.15, 0.2) is 0 Å². The van der Waals surface area contributed by atoms with Crippen LogP contribution in [0.1, 0.15) is 48.7 Å². The van der Waals surface area contributed by atoms with Crippen LogP contribution in [0, 0.1) is 0 Å². The molecule has 0 saturated heterocycles. The average Bonchev–Trinajstić information content (AvgIpc) is 3.11. The molecule has 20 heavy (non-hydrogen) atoms. The van der Waals surface area contributed by atoms with E-state index >= 15 is 0 Å². The Balaban J connectivity index is 2.04. The fourth-order valence-electron chi connectivity index (χ4n) is 1.66. The summed E-state index contributed by atoms with van der Waals surface area (Å²) in [6.07, 6.45) is -1.21. The Hall–Kier alpha value is -0.270. The van der Waals surface area contributed by atoms with E-state index in [9.17, 15) is 13.2 Å². The minimum absolute atomic E-state index is 0.283. The van der Waals surface area contributed by atoms with Gasteiger partial charge in [0.25, 0.3) is 0 Å². The molecule has 0 spiro atoms. The van der Waals surface area contributed by atoms with Crippen LogP contribution >= 0.6 is 23.1 Å². The summed E-state index contributed by atoms with van der Waals surface area (Å²) in [6.45, 7) is 4.44. The number of nitrogens with zero attached hydrogens (tertiary/aromatic N) is 1. The minimum atomic E-state index is -4.35. The number of hydrogen-bond acceptors (Lipinski definition) is 4. The molecule has 2 rings (SSSR count). The fourth-order valence-corrected chi connectivity index (χ4v) is 3.66. The monoisotopic (exact) mass is 324 g/mol. The van der Waals surface area contributed by atoms with Crippen LogP contribution < -0.4 is 5.32 Å². The molecule has 1 aromatic heterocycles. The number of thiazole rings is 1. The second kappa shape index (κ2) is 6.66. The van der Waals surface area contributed by atoms with E-state index in [0.29, 0.717) is 26.9 Å². The molecule has 0 radical (unpaired) electrons. The minimum Gasteiger partial charge on any atom is -0.309 e. The number of nitrogens with one attached hydrogen (secondary N) is 1. The van der Waals surface area contributed by atoms with Crippen molar-refractivity contribution in [3.05, 3.63) is 15.6 Å². The van der Waals surface area contributed by atoms with Crippen molar-refractivity contribution in [2.45, 2.75) is 62.9 Å².